The van der Waals surface area contributed by atoms with Crippen LogP contribution in [0.2, 0.25) is 0 Å². The highest BCUT2D eigenvalue weighted by molar-refractivity contribution is 8.18. The molecule has 0 saturated carbocycles. The maximum absolute atomic E-state index is 11.9. The molecule has 2 amide bonds. The fourth-order valence-electron chi connectivity index (χ4n) is 1.82. The molecule has 0 aromatic heterocycles. The highest BCUT2D eigenvalue weighted by Crippen LogP contribution is 2.33. The van der Waals surface area contributed by atoms with Crippen LogP contribution in [0.1, 0.15) is 12.5 Å². The Morgan fingerprint density at radius 2 is 2.09 bits per heavy atom. The van der Waals surface area contributed by atoms with Crippen LogP contribution in [0.5, 0.6) is 11.5 Å². The number of terminal acetylenes is 1. The van der Waals surface area contributed by atoms with Crippen LogP contribution in [0.15, 0.2) is 23.1 Å². The second-order valence-corrected chi connectivity index (χ2v) is 5.37. The molecule has 1 aliphatic heterocycles. The summed E-state index contributed by atoms with van der Waals surface area (Å²) < 4.78 is 10.9. The van der Waals surface area contributed by atoms with Gasteiger partial charge < -0.3 is 9.47 Å². The van der Waals surface area contributed by atoms with Crippen molar-refractivity contribution < 1.29 is 19.1 Å². The van der Waals surface area contributed by atoms with E-state index in [0.717, 1.165) is 22.2 Å². The predicted octanol–water partition coefficient (Wildman–Crippen LogP) is 2.76. The maximum atomic E-state index is 11.9. The van der Waals surface area contributed by atoms with Gasteiger partial charge in [-0.1, -0.05) is 12.0 Å². The number of benzene rings is 1. The fourth-order valence-corrected chi connectivity index (χ4v) is 2.65. The van der Waals surface area contributed by atoms with Gasteiger partial charge in [0.2, 0.25) is 0 Å². The molecule has 0 bridgehead atoms. The van der Waals surface area contributed by atoms with E-state index in [0.29, 0.717) is 23.0 Å². The van der Waals surface area contributed by atoms with E-state index in [1.54, 1.807) is 24.3 Å². The first-order valence-corrected chi connectivity index (χ1v) is 7.43. The number of amides is 2. The minimum absolute atomic E-state index is 0.147. The van der Waals surface area contributed by atoms with Crippen molar-refractivity contribution in [3.63, 3.8) is 0 Å². The molecule has 1 aromatic rings. The maximum Gasteiger partial charge on any atom is 0.293 e. The van der Waals surface area contributed by atoms with E-state index in [1.807, 2.05) is 6.92 Å². The first-order chi connectivity index (χ1) is 10.6. The number of carbonyl (C=O) groups excluding carboxylic acids is 2. The summed E-state index contributed by atoms with van der Waals surface area (Å²) in [5.41, 5.74) is 0.746. The molecule has 1 aromatic carbocycles. The van der Waals surface area contributed by atoms with E-state index in [2.05, 4.69) is 5.92 Å². The SMILES string of the molecule is C#CCOc1ccc(/C=C2\SC(=O)N(C)C2=O)cc1OCC. The standard InChI is InChI=1S/C16H15NO4S/c1-4-8-21-12-7-6-11(9-13(12)20-5-2)10-14-15(18)17(3)16(19)22-14/h1,6-7,9-10H,5,8H2,2-3H3/b14-10-. The highest BCUT2D eigenvalue weighted by Gasteiger charge is 2.31. The first kappa shape index (κ1) is 16.0. The van der Waals surface area contributed by atoms with Crippen LogP contribution in [0.25, 0.3) is 6.08 Å². The molecule has 0 unspecified atom stereocenters. The van der Waals surface area contributed by atoms with Crippen LogP contribution in [0.4, 0.5) is 4.79 Å². The van der Waals surface area contributed by atoms with Crippen molar-refractivity contribution in [3.8, 4) is 23.8 Å². The summed E-state index contributed by atoms with van der Waals surface area (Å²) in [6.07, 6.45) is 6.83. The monoisotopic (exact) mass is 317 g/mol. The lowest BCUT2D eigenvalue weighted by Gasteiger charge is -2.11. The Hall–Kier alpha value is -2.39. The Bertz CT molecular complexity index is 675. The van der Waals surface area contributed by atoms with Crippen LogP contribution < -0.4 is 9.47 Å². The summed E-state index contributed by atoms with van der Waals surface area (Å²) in [5.74, 6) is 3.17. The largest absolute Gasteiger partial charge is 0.490 e. The molecule has 1 heterocycles. The van der Waals surface area contributed by atoms with Gasteiger partial charge in [0.05, 0.1) is 11.5 Å². The Morgan fingerprint density at radius 3 is 2.68 bits per heavy atom. The summed E-state index contributed by atoms with van der Waals surface area (Å²) >= 11 is 0.914. The molecule has 1 fully saturated rings. The Morgan fingerprint density at radius 1 is 1.32 bits per heavy atom. The van der Waals surface area contributed by atoms with Crippen LogP contribution in [-0.2, 0) is 4.79 Å². The Labute approximate surface area is 133 Å². The first-order valence-electron chi connectivity index (χ1n) is 6.61. The van der Waals surface area contributed by atoms with E-state index in [-0.39, 0.29) is 17.8 Å². The third-order valence-electron chi connectivity index (χ3n) is 2.86. The lowest BCUT2D eigenvalue weighted by atomic mass is 10.2. The van der Waals surface area contributed by atoms with Gasteiger partial charge in [0.25, 0.3) is 11.1 Å². The van der Waals surface area contributed by atoms with Gasteiger partial charge in [0.15, 0.2) is 11.5 Å². The van der Waals surface area contributed by atoms with Crippen LogP contribution >= 0.6 is 11.8 Å². The highest BCUT2D eigenvalue weighted by atomic mass is 32.2. The van der Waals surface area contributed by atoms with Crippen molar-refractivity contribution in [2.24, 2.45) is 0 Å². The van der Waals surface area contributed by atoms with Gasteiger partial charge in [0, 0.05) is 7.05 Å². The number of rotatable bonds is 5. The fraction of sp³-hybridized carbons (Fsp3) is 0.250. The molecule has 1 saturated heterocycles. The van der Waals surface area contributed by atoms with Gasteiger partial charge >= 0.3 is 0 Å². The zero-order valence-electron chi connectivity index (χ0n) is 12.3. The molecule has 0 aliphatic carbocycles. The Kier molecular flexibility index (Phi) is 5.12. The number of hydrogen-bond acceptors (Lipinski definition) is 5. The smallest absolute Gasteiger partial charge is 0.293 e. The predicted molar refractivity (Wildman–Crippen MR) is 85.7 cm³/mol. The summed E-state index contributed by atoms with van der Waals surface area (Å²) in [7, 11) is 1.46. The van der Waals surface area contributed by atoms with E-state index >= 15 is 0 Å². The van der Waals surface area contributed by atoms with E-state index in [1.165, 1.54) is 7.05 Å². The summed E-state index contributed by atoms with van der Waals surface area (Å²) in [5, 5.41) is -0.282. The third-order valence-corrected chi connectivity index (χ3v) is 3.82. The van der Waals surface area contributed by atoms with Gasteiger partial charge in [0.1, 0.15) is 6.61 Å². The van der Waals surface area contributed by atoms with Crippen molar-refractivity contribution in [1.82, 2.24) is 4.90 Å². The minimum atomic E-state index is -0.305. The molecular weight excluding hydrogens is 302 g/mol. The molecule has 114 valence electrons. The van der Waals surface area contributed by atoms with Crippen LogP contribution in [0.3, 0.4) is 0 Å². The lowest BCUT2D eigenvalue weighted by Crippen LogP contribution is -2.22. The number of ether oxygens (including phenoxy) is 2. The van der Waals surface area contributed by atoms with Gasteiger partial charge in [-0.05, 0) is 42.5 Å². The van der Waals surface area contributed by atoms with Crippen molar-refractivity contribution >= 4 is 29.0 Å². The van der Waals surface area contributed by atoms with Crippen molar-refractivity contribution in [2.75, 3.05) is 20.3 Å². The number of imide groups is 1. The molecule has 2 rings (SSSR count). The molecule has 0 radical (unpaired) electrons. The van der Waals surface area contributed by atoms with E-state index < -0.39 is 0 Å². The molecule has 22 heavy (non-hydrogen) atoms. The molecule has 0 spiro atoms. The summed E-state index contributed by atoms with van der Waals surface area (Å²) in [6.45, 7) is 2.48. The summed E-state index contributed by atoms with van der Waals surface area (Å²) in [4.78, 5) is 24.8. The normalized spacial score (nSPS) is 16.0. The number of hydrogen-bond donors (Lipinski definition) is 0. The molecule has 5 nitrogen and oxygen atoms in total. The van der Waals surface area contributed by atoms with Crippen LogP contribution in [0, 0.1) is 12.3 Å². The van der Waals surface area contributed by atoms with Crippen molar-refractivity contribution in [1.29, 1.82) is 0 Å². The topological polar surface area (TPSA) is 55.8 Å². The quantitative estimate of drug-likeness (QED) is 0.617. The van der Waals surface area contributed by atoms with Crippen molar-refractivity contribution in [2.45, 2.75) is 6.92 Å². The Balaban J connectivity index is 2.29. The zero-order valence-corrected chi connectivity index (χ0v) is 13.1. The van der Waals surface area contributed by atoms with E-state index in [9.17, 15) is 9.59 Å². The second kappa shape index (κ2) is 7.05. The van der Waals surface area contributed by atoms with Gasteiger partial charge in [-0.2, -0.15) is 0 Å². The summed E-state index contributed by atoms with van der Waals surface area (Å²) in [6, 6.07) is 5.25. The van der Waals surface area contributed by atoms with Gasteiger partial charge in [-0.25, -0.2) is 0 Å². The minimum Gasteiger partial charge on any atom is -0.490 e. The molecule has 6 heteroatoms. The van der Waals surface area contributed by atoms with Gasteiger partial charge in [-0.15, -0.1) is 6.42 Å². The molecule has 0 N–H and O–H groups in total. The second-order valence-electron chi connectivity index (χ2n) is 4.37. The van der Waals surface area contributed by atoms with Crippen molar-refractivity contribution in [3.05, 3.63) is 28.7 Å². The number of nitrogens with zero attached hydrogens (tertiary/aromatic N) is 1. The van der Waals surface area contributed by atoms with E-state index in [4.69, 9.17) is 15.9 Å². The number of carbonyl (C=O) groups is 2. The number of thioether (sulfide) groups is 1. The lowest BCUT2D eigenvalue weighted by molar-refractivity contribution is -0.121. The van der Waals surface area contributed by atoms with Gasteiger partial charge in [-0.3, -0.25) is 14.5 Å². The molecular formula is C16H15NO4S. The molecule has 0 atom stereocenters. The third kappa shape index (κ3) is 3.43. The average Bonchev–Trinajstić information content (AvgIpc) is 2.74. The van der Waals surface area contributed by atoms with Crippen LogP contribution in [-0.4, -0.2) is 36.3 Å². The number of likely N-dealkylation sites (N-methyl/N-ethyl adjacent to an activating group) is 1. The average molecular weight is 317 g/mol. The molecule has 1 aliphatic rings. The zero-order chi connectivity index (χ0) is 16.1.